The average molecular weight is 388 g/mol. The molecule has 0 amide bonds. The molecule has 6 rings (SSSR count). The molecule has 144 valence electrons. The summed E-state index contributed by atoms with van der Waals surface area (Å²) >= 11 is 0. The molecule has 0 aliphatic carbocycles. The molecule has 0 saturated carbocycles. The molecule has 30 heavy (non-hydrogen) atoms. The maximum absolute atomic E-state index is 12.2. The largest absolute Gasteiger partial charge is 0.398 e. The van der Waals surface area contributed by atoms with Gasteiger partial charge in [-0.1, -0.05) is 84.9 Å². The van der Waals surface area contributed by atoms with Crippen LogP contribution in [0.1, 0.15) is 11.1 Å². The first-order valence-corrected chi connectivity index (χ1v) is 10.1. The minimum atomic E-state index is -1.43. The number of hydrogen-bond donors (Lipinski definition) is 3. The molecule has 4 N–H and O–H groups in total. The number of benzene rings is 5. The van der Waals surface area contributed by atoms with Gasteiger partial charge < -0.3 is 16.2 Å². The van der Waals surface area contributed by atoms with Crippen molar-refractivity contribution in [1.29, 1.82) is 0 Å². The fourth-order valence-corrected chi connectivity index (χ4v) is 4.81. The van der Waals surface area contributed by atoms with Crippen molar-refractivity contribution in [3.8, 4) is 11.1 Å². The van der Waals surface area contributed by atoms with Gasteiger partial charge in [-0.3, -0.25) is 0 Å². The lowest BCUT2D eigenvalue weighted by Crippen LogP contribution is -2.34. The Morgan fingerprint density at radius 1 is 0.733 bits per heavy atom. The molecular weight excluding hydrogens is 368 g/mol. The first-order chi connectivity index (χ1) is 14.7. The second-order valence-corrected chi connectivity index (χ2v) is 7.85. The van der Waals surface area contributed by atoms with Crippen molar-refractivity contribution in [2.75, 3.05) is 11.1 Å². The zero-order valence-electron chi connectivity index (χ0n) is 16.3. The Bertz CT molecular complexity index is 1440. The summed E-state index contributed by atoms with van der Waals surface area (Å²) in [4.78, 5) is 0. The second-order valence-electron chi connectivity index (χ2n) is 7.85. The van der Waals surface area contributed by atoms with Crippen molar-refractivity contribution in [3.63, 3.8) is 0 Å². The number of nitrogen functional groups attached to an aromatic ring is 1. The lowest BCUT2D eigenvalue weighted by Gasteiger charge is -2.29. The van der Waals surface area contributed by atoms with Gasteiger partial charge in [-0.05, 0) is 34.0 Å². The van der Waals surface area contributed by atoms with Gasteiger partial charge in [0, 0.05) is 27.6 Å². The van der Waals surface area contributed by atoms with Crippen LogP contribution in [-0.4, -0.2) is 5.11 Å². The van der Waals surface area contributed by atoms with E-state index in [9.17, 15) is 5.11 Å². The second kappa shape index (κ2) is 6.09. The number of rotatable bonds is 2. The van der Waals surface area contributed by atoms with Gasteiger partial charge in [-0.2, -0.15) is 0 Å². The number of fused-ring (bicyclic) bond motifs is 2. The summed E-state index contributed by atoms with van der Waals surface area (Å²) in [5, 5.41) is 19.9. The normalized spacial score (nSPS) is 17.4. The zero-order valence-corrected chi connectivity index (χ0v) is 16.3. The first-order valence-electron chi connectivity index (χ1n) is 10.1. The molecule has 0 radical (unpaired) electrons. The summed E-state index contributed by atoms with van der Waals surface area (Å²) in [7, 11) is 0. The van der Waals surface area contributed by atoms with Crippen LogP contribution in [0.25, 0.3) is 32.7 Å². The minimum absolute atomic E-state index is 0.578. The monoisotopic (exact) mass is 388 g/mol. The van der Waals surface area contributed by atoms with Crippen LogP contribution >= 0.6 is 0 Å². The van der Waals surface area contributed by atoms with E-state index < -0.39 is 5.72 Å². The van der Waals surface area contributed by atoms with Crippen molar-refractivity contribution in [1.82, 2.24) is 0 Å². The molecule has 5 aromatic rings. The van der Waals surface area contributed by atoms with Crippen LogP contribution < -0.4 is 11.1 Å². The van der Waals surface area contributed by atoms with E-state index in [0.717, 1.165) is 49.5 Å². The number of aliphatic hydroxyl groups is 1. The Balaban J connectivity index is 1.69. The Labute approximate surface area is 174 Å². The maximum atomic E-state index is 12.2. The molecule has 0 bridgehead atoms. The van der Waals surface area contributed by atoms with Gasteiger partial charge >= 0.3 is 0 Å². The van der Waals surface area contributed by atoms with Crippen molar-refractivity contribution >= 4 is 32.9 Å². The fourth-order valence-electron chi connectivity index (χ4n) is 4.81. The molecule has 0 fully saturated rings. The highest BCUT2D eigenvalue weighted by Crippen LogP contribution is 2.51. The molecule has 1 atom stereocenters. The Morgan fingerprint density at radius 2 is 1.47 bits per heavy atom. The predicted molar refractivity (Wildman–Crippen MR) is 124 cm³/mol. The molecule has 3 nitrogen and oxygen atoms in total. The number of anilines is 2. The topological polar surface area (TPSA) is 58.3 Å². The Morgan fingerprint density at radius 3 is 2.33 bits per heavy atom. The average Bonchev–Trinajstić information content (AvgIpc) is 3.13. The third-order valence-corrected chi connectivity index (χ3v) is 6.13. The van der Waals surface area contributed by atoms with Crippen LogP contribution in [-0.2, 0) is 5.72 Å². The third-order valence-electron chi connectivity index (χ3n) is 6.13. The van der Waals surface area contributed by atoms with Crippen LogP contribution in [0.15, 0.2) is 97.1 Å². The van der Waals surface area contributed by atoms with E-state index in [-0.39, 0.29) is 0 Å². The van der Waals surface area contributed by atoms with E-state index in [2.05, 4.69) is 35.6 Å². The summed E-state index contributed by atoms with van der Waals surface area (Å²) in [5.74, 6) is 0. The van der Waals surface area contributed by atoms with Gasteiger partial charge in [-0.25, -0.2) is 0 Å². The van der Waals surface area contributed by atoms with E-state index in [1.807, 2.05) is 66.7 Å². The number of nitrogens with one attached hydrogen (secondary N) is 1. The first kappa shape index (κ1) is 17.1. The van der Waals surface area contributed by atoms with Gasteiger partial charge in [-0.15, -0.1) is 0 Å². The third kappa shape index (κ3) is 2.24. The summed E-state index contributed by atoms with van der Waals surface area (Å²) in [6.07, 6.45) is 0. The smallest absolute Gasteiger partial charge is 0.192 e. The van der Waals surface area contributed by atoms with Crippen molar-refractivity contribution in [2.24, 2.45) is 0 Å². The molecule has 1 heterocycles. The molecule has 5 aromatic carbocycles. The van der Waals surface area contributed by atoms with E-state index in [1.54, 1.807) is 0 Å². The van der Waals surface area contributed by atoms with Gasteiger partial charge in [0.1, 0.15) is 0 Å². The standard InChI is InChI=1S/C27H20N2O/c28-23-15-14-19-16-18-10-4-5-12-21(18)26-24(19)25(23)27(30,29-26)22-13-7-6-11-20(22)17-8-2-1-3-9-17/h1-16,29-30H,28H2. The molecule has 0 aromatic heterocycles. The van der Waals surface area contributed by atoms with E-state index in [0.29, 0.717) is 5.69 Å². The predicted octanol–water partition coefficient (Wildman–Crippen LogP) is 5.86. The summed E-state index contributed by atoms with van der Waals surface area (Å²) in [5.41, 5.74) is 10.1. The van der Waals surface area contributed by atoms with Crippen molar-refractivity contribution in [2.45, 2.75) is 5.72 Å². The van der Waals surface area contributed by atoms with Gasteiger partial charge in [0.15, 0.2) is 5.72 Å². The number of hydrogen-bond acceptors (Lipinski definition) is 3. The Hall–Kier alpha value is -3.82. The maximum Gasteiger partial charge on any atom is 0.192 e. The van der Waals surface area contributed by atoms with E-state index in [4.69, 9.17) is 5.73 Å². The van der Waals surface area contributed by atoms with Gasteiger partial charge in [0.25, 0.3) is 0 Å². The fraction of sp³-hybridized carbons (Fsp3) is 0.0370. The van der Waals surface area contributed by atoms with E-state index in [1.165, 1.54) is 0 Å². The highest BCUT2D eigenvalue weighted by molar-refractivity contribution is 6.16. The van der Waals surface area contributed by atoms with Crippen LogP contribution in [0.4, 0.5) is 11.4 Å². The molecule has 1 aliphatic heterocycles. The molecule has 1 aliphatic rings. The summed E-state index contributed by atoms with van der Waals surface area (Å²) < 4.78 is 0. The van der Waals surface area contributed by atoms with Crippen LogP contribution in [0, 0.1) is 0 Å². The zero-order chi connectivity index (χ0) is 20.3. The highest BCUT2D eigenvalue weighted by Gasteiger charge is 2.43. The van der Waals surface area contributed by atoms with Gasteiger partial charge in [0.05, 0.1) is 5.69 Å². The van der Waals surface area contributed by atoms with Crippen molar-refractivity contribution < 1.29 is 5.11 Å². The van der Waals surface area contributed by atoms with Crippen molar-refractivity contribution in [3.05, 3.63) is 108 Å². The van der Waals surface area contributed by atoms with Crippen LogP contribution in [0.2, 0.25) is 0 Å². The molecule has 3 heteroatoms. The quantitative estimate of drug-likeness (QED) is 0.262. The van der Waals surface area contributed by atoms with Crippen LogP contribution in [0.5, 0.6) is 0 Å². The SMILES string of the molecule is Nc1ccc2cc3ccccc3c3c2c1C(O)(c1ccccc1-c1ccccc1)N3. The summed E-state index contributed by atoms with van der Waals surface area (Å²) in [6.45, 7) is 0. The lowest BCUT2D eigenvalue weighted by atomic mass is 9.87. The van der Waals surface area contributed by atoms with Gasteiger partial charge in [0.2, 0.25) is 0 Å². The summed E-state index contributed by atoms with van der Waals surface area (Å²) in [6, 6.07) is 32.4. The van der Waals surface area contributed by atoms with Crippen LogP contribution in [0.3, 0.4) is 0 Å². The molecule has 1 unspecified atom stereocenters. The lowest BCUT2D eigenvalue weighted by molar-refractivity contribution is 0.119. The Kier molecular flexibility index (Phi) is 3.46. The number of nitrogens with two attached hydrogens (primary N) is 1. The molecular formula is C27H20N2O. The minimum Gasteiger partial charge on any atom is -0.398 e. The molecule has 0 spiro atoms. The highest BCUT2D eigenvalue weighted by atomic mass is 16.3. The van der Waals surface area contributed by atoms with E-state index >= 15 is 0 Å². The molecule has 0 saturated heterocycles.